The molecule has 3 aliphatic carbocycles. The number of ether oxygens (including phenoxy) is 1. The molecule has 1 unspecified atom stereocenters. The number of hydrogen-bond donors (Lipinski definition) is 3. The van der Waals surface area contributed by atoms with Crippen molar-refractivity contribution < 1.29 is 24.2 Å². The maximum Gasteiger partial charge on any atom is 0.407 e. The molecule has 7 nitrogen and oxygen atoms in total. The molecule has 0 heterocycles. The Kier molecular flexibility index (Phi) is 6.75. The van der Waals surface area contributed by atoms with Crippen molar-refractivity contribution >= 4 is 18.0 Å². The van der Waals surface area contributed by atoms with Crippen LogP contribution in [0, 0.1) is 17.8 Å². The molecule has 0 aromatic heterocycles. The highest BCUT2D eigenvalue weighted by Gasteiger charge is 2.34. The molecule has 35 heavy (non-hydrogen) atoms. The minimum Gasteiger partial charge on any atom is -0.481 e. The van der Waals surface area contributed by atoms with Gasteiger partial charge in [-0.3, -0.25) is 9.59 Å². The van der Waals surface area contributed by atoms with Gasteiger partial charge in [-0.2, -0.15) is 0 Å². The van der Waals surface area contributed by atoms with E-state index in [1.807, 2.05) is 24.3 Å². The second kappa shape index (κ2) is 10.1. The molecule has 2 fully saturated rings. The maximum atomic E-state index is 12.9. The lowest BCUT2D eigenvalue weighted by molar-refractivity contribution is -0.141. The topological polar surface area (TPSA) is 105 Å². The molecule has 0 aliphatic heterocycles. The summed E-state index contributed by atoms with van der Waals surface area (Å²) in [6.45, 7) is 0.450. The molecule has 0 spiro atoms. The standard InChI is InChI=1S/C28H32N2O5/c31-26(30-20-12-11-18(14-20)27(32)33)19(13-17-9-10-17)15-29-28(34)35-16-25-23-7-3-1-5-21(23)22-6-2-4-8-24(22)25/h1-8,17-20,25H,9-16H2,(H,29,34)(H,30,31)(H,32,33)/t18-,19?,20+/m0/s1. The summed E-state index contributed by atoms with van der Waals surface area (Å²) in [7, 11) is 0. The fourth-order valence-electron chi connectivity index (χ4n) is 5.55. The van der Waals surface area contributed by atoms with Crippen LogP contribution in [0.3, 0.4) is 0 Å². The summed E-state index contributed by atoms with van der Waals surface area (Å²) in [6, 6.07) is 16.3. The molecule has 3 aliphatic rings. The molecule has 184 valence electrons. The van der Waals surface area contributed by atoms with E-state index in [1.165, 1.54) is 11.1 Å². The largest absolute Gasteiger partial charge is 0.481 e. The Balaban J connectivity index is 1.15. The molecule has 0 radical (unpaired) electrons. The summed E-state index contributed by atoms with van der Waals surface area (Å²) in [5, 5.41) is 15.0. The van der Waals surface area contributed by atoms with Crippen LogP contribution in [0.4, 0.5) is 4.79 Å². The number of nitrogens with one attached hydrogen (secondary N) is 2. The fraction of sp³-hybridized carbons (Fsp3) is 0.464. The first-order valence-corrected chi connectivity index (χ1v) is 12.6. The van der Waals surface area contributed by atoms with Crippen LogP contribution < -0.4 is 10.6 Å². The van der Waals surface area contributed by atoms with E-state index < -0.39 is 12.1 Å². The van der Waals surface area contributed by atoms with Crippen LogP contribution in [-0.2, 0) is 14.3 Å². The van der Waals surface area contributed by atoms with Crippen molar-refractivity contribution in [3.05, 3.63) is 59.7 Å². The van der Waals surface area contributed by atoms with Crippen molar-refractivity contribution in [2.45, 2.75) is 50.5 Å². The summed E-state index contributed by atoms with van der Waals surface area (Å²) < 4.78 is 5.62. The number of amides is 2. The van der Waals surface area contributed by atoms with E-state index in [4.69, 9.17) is 4.74 Å². The Bertz CT molecular complexity index is 1070. The number of alkyl carbamates (subject to hydrolysis) is 1. The van der Waals surface area contributed by atoms with Crippen LogP contribution in [0.1, 0.15) is 55.6 Å². The first kappa shape index (κ1) is 23.4. The molecule has 0 saturated heterocycles. The predicted molar refractivity (Wildman–Crippen MR) is 131 cm³/mol. The number of carbonyl (C=O) groups is 3. The number of carboxylic acids is 1. The van der Waals surface area contributed by atoms with Crippen LogP contribution >= 0.6 is 0 Å². The van der Waals surface area contributed by atoms with E-state index in [1.54, 1.807) is 0 Å². The van der Waals surface area contributed by atoms with Crippen LogP contribution in [0.15, 0.2) is 48.5 Å². The molecule has 3 atom stereocenters. The van der Waals surface area contributed by atoms with E-state index in [0.29, 0.717) is 25.2 Å². The van der Waals surface area contributed by atoms with Crippen molar-refractivity contribution in [3.63, 3.8) is 0 Å². The molecule has 0 bridgehead atoms. The molecule has 7 heteroatoms. The summed E-state index contributed by atoms with van der Waals surface area (Å²) in [6.07, 6.45) is 4.16. The van der Waals surface area contributed by atoms with Crippen molar-refractivity contribution in [1.82, 2.24) is 10.6 Å². The second-order valence-electron chi connectivity index (χ2n) is 10.1. The zero-order valence-corrected chi connectivity index (χ0v) is 19.7. The van der Waals surface area contributed by atoms with Gasteiger partial charge in [0.15, 0.2) is 0 Å². The minimum atomic E-state index is -0.798. The zero-order valence-electron chi connectivity index (χ0n) is 19.7. The molecule has 3 N–H and O–H groups in total. The molecule has 2 aromatic rings. The molecular formula is C28H32N2O5. The van der Waals surface area contributed by atoms with Gasteiger partial charge in [-0.05, 0) is 53.9 Å². The minimum absolute atomic E-state index is 0.0109. The van der Waals surface area contributed by atoms with Gasteiger partial charge in [-0.1, -0.05) is 61.4 Å². The number of aliphatic carboxylic acids is 1. The van der Waals surface area contributed by atoms with E-state index in [2.05, 4.69) is 34.9 Å². The normalized spacial score (nSPS) is 21.6. The van der Waals surface area contributed by atoms with Gasteiger partial charge < -0.3 is 20.5 Å². The quantitative estimate of drug-likeness (QED) is 0.500. The van der Waals surface area contributed by atoms with Gasteiger partial charge in [0.1, 0.15) is 6.61 Å². The molecule has 2 aromatic carbocycles. The fourth-order valence-corrected chi connectivity index (χ4v) is 5.55. The Morgan fingerprint density at radius 3 is 2.20 bits per heavy atom. The van der Waals surface area contributed by atoms with Gasteiger partial charge in [0.2, 0.25) is 5.91 Å². The summed E-state index contributed by atoms with van der Waals surface area (Å²) in [4.78, 5) is 36.7. The van der Waals surface area contributed by atoms with Crippen molar-refractivity contribution in [1.29, 1.82) is 0 Å². The maximum absolute atomic E-state index is 12.9. The van der Waals surface area contributed by atoms with Crippen molar-refractivity contribution in [2.24, 2.45) is 17.8 Å². The third-order valence-corrected chi connectivity index (χ3v) is 7.65. The highest BCUT2D eigenvalue weighted by atomic mass is 16.5. The number of carbonyl (C=O) groups excluding carboxylic acids is 2. The first-order valence-electron chi connectivity index (χ1n) is 12.6. The average Bonchev–Trinajstić information content (AvgIpc) is 3.46. The van der Waals surface area contributed by atoms with Gasteiger partial charge in [-0.15, -0.1) is 0 Å². The zero-order chi connectivity index (χ0) is 24.4. The number of hydrogen-bond acceptors (Lipinski definition) is 4. The second-order valence-corrected chi connectivity index (χ2v) is 10.1. The molecule has 5 rings (SSSR count). The van der Waals surface area contributed by atoms with Gasteiger partial charge in [0.05, 0.1) is 11.8 Å². The number of carboxylic acid groups (broad SMARTS) is 1. The number of rotatable bonds is 9. The summed E-state index contributed by atoms with van der Waals surface area (Å²) in [5.41, 5.74) is 4.66. The van der Waals surface area contributed by atoms with Crippen molar-refractivity contribution in [2.75, 3.05) is 13.2 Å². The van der Waals surface area contributed by atoms with Crippen molar-refractivity contribution in [3.8, 4) is 11.1 Å². The molecule has 2 saturated carbocycles. The average molecular weight is 477 g/mol. The van der Waals surface area contributed by atoms with E-state index in [-0.39, 0.29) is 42.9 Å². The lowest BCUT2D eigenvalue weighted by Gasteiger charge is -2.21. The van der Waals surface area contributed by atoms with Gasteiger partial charge in [-0.25, -0.2) is 4.79 Å². The smallest absolute Gasteiger partial charge is 0.407 e. The van der Waals surface area contributed by atoms with Gasteiger partial charge in [0, 0.05) is 18.5 Å². The van der Waals surface area contributed by atoms with E-state index >= 15 is 0 Å². The van der Waals surface area contributed by atoms with Crippen LogP contribution in [-0.4, -0.2) is 42.3 Å². The summed E-state index contributed by atoms with van der Waals surface area (Å²) >= 11 is 0. The van der Waals surface area contributed by atoms with Gasteiger partial charge in [0.25, 0.3) is 0 Å². The highest BCUT2D eigenvalue weighted by Crippen LogP contribution is 2.44. The Morgan fingerprint density at radius 1 is 0.943 bits per heavy atom. The van der Waals surface area contributed by atoms with E-state index in [9.17, 15) is 19.5 Å². The lowest BCUT2D eigenvalue weighted by Crippen LogP contribution is -2.43. The Hall–Kier alpha value is -3.35. The van der Waals surface area contributed by atoms with Crippen LogP contribution in [0.25, 0.3) is 11.1 Å². The first-order chi connectivity index (χ1) is 17.0. The van der Waals surface area contributed by atoms with Crippen LogP contribution in [0.2, 0.25) is 0 Å². The number of fused-ring (bicyclic) bond motifs is 3. The molecule has 2 amide bonds. The third-order valence-electron chi connectivity index (χ3n) is 7.65. The SMILES string of the molecule is O=C(NCC(CC1CC1)C(=O)N[C@@H]1CC[C@H](C(=O)O)C1)OCC1c2ccccc2-c2ccccc21. The highest BCUT2D eigenvalue weighted by molar-refractivity contribution is 5.81. The monoisotopic (exact) mass is 476 g/mol. The predicted octanol–water partition coefficient (Wildman–Crippen LogP) is 4.31. The van der Waals surface area contributed by atoms with E-state index in [0.717, 1.165) is 30.4 Å². The van der Waals surface area contributed by atoms with Crippen LogP contribution in [0.5, 0.6) is 0 Å². The third kappa shape index (κ3) is 5.34. The lowest BCUT2D eigenvalue weighted by atomic mass is 9.98. The Labute approximate surface area is 205 Å². The summed E-state index contributed by atoms with van der Waals surface area (Å²) in [5.74, 6) is -1.12. The Morgan fingerprint density at radius 2 is 1.60 bits per heavy atom. The number of benzene rings is 2. The van der Waals surface area contributed by atoms with Gasteiger partial charge >= 0.3 is 12.1 Å². The molecular weight excluding hydrogens is 444 g/mol.